The van der Waals surface area contributed by atoms with Gasteiger partial charge in [-0.15, -0.1) is 0 Å². The molecule has 0 aromatic heterocycles. The predicted molar refractivity (Wildman–Crippen MR) is 90.1 cm³/mol. The summed E-state index contributed by atoms with van der Waals surface area (Å²) in [5, 5.41) is 0. The minimum atomic E-state index is -0.256. The highest BCUT2D eigenvalue weighted by atomic mass is 79.9. The second-order valence-electron chi connectivity index (χ2n) is 6.18. The number of primary amides is 1. The molecule has 124 valence electrons. The van der Waals surface area contributed by atoms with Gasteiger partial charge < -0.3 is 10.6 Å². The van der Waals surface area contributed by atoms with Crippen LogP contribution in [0.15, 0.2) is 28.7 Å². The molecule has 3 rings (SSSR count). The molecule has 2 unspecified atom stereocenters. The molecule has 2 heterocycles. The Bertz CT molecular complexity index is 584. The lowest BCUT2D eigenvalue weighted by Gasteiger charge is -2.32. The van der Waals surface area contributed by atoms with Gasteiger partial charge in [0, 0.05) is 29.5 Å². The summed E-state index contributed by atoms with van der Waals surface area (Å²) in [6.45, 7) is 1.21. The smallest absolute Gasteiger partial charge is 0.241 e. The molecule has 1 aromatic carbocycles. The maximum absolute atomic E-state index is 12.6. The standard InChI is InChI=1S/C16H21BrN4O2/c17-12-3-1-10(2-4-12)13-9-14(20-19-13)16(23)21-7-5-11(6-8-21)15(18)22/h1-4,11,13-14,19-20H,5-9H2,(H2,18,22). The van der Waals surface area contributed by atoms with Crippen LogP contribution in [0.2, 0.25) is 0 Å². The van der Waals surface area contributed by atoms with E-state index in [0.29, 0.717) is 25.9 Å². The van der Waals surface area contributed by atoms with E-state index in [9.17, 15) is 9.59 Å². The number of nitrogens with one attached hydrogen (secondary N) is 2. The van der Waals surface area contributed by atoms with Gasteiger partial charge in [0.25, 0.3) is 0 Å². The number of hydrogen-bond acceptors (Lipinski definition) is 4. The summed E-state index contributed by atoms with van der Waals surface area (Å²) in [6, 6.07) is 8.00. The molecule has 0 spiro atoms. The van der Waals surface area contributed by atoms with Gasteiger partial charge in [-0.1, -0.05) is 28.1 Å². The Hall–Kier alpha value is -1.44. The van der Waals surface area contributed by atoms with E-state index in [0.717, 1.165) is 16.5 Å². The molecular formula is C16H21BrN4O2. The van der Waals surface area contributed by atoms with Crippen LogP contribution in [0.5, 0.6) is 0 Å². The summed E-state index contributed by atoms with van der Waals surface area (Å²) in [5.41, 5.74) is 12.8. The van der Waals surface area contributed by atoms with Gasteiger partial charge in [0.05, 0.1) is 0 Å². The lowest BCUT2D eigenvalue weighted by molar-refractivity contribution is -0.136. The third kappa shape index (κ3) is 3.73. The average molecular weight is 381 g/mol. The number of carbonyl (C=O) groups excluding carboxylic acids is 2. The molecule has 6 nitrogen and oxygen atoms in total. The van der Waals surface area contributed by atoms with E-state index >= 15 is 0 Å². The first-order valence-corrected chi connectivity index (χ1v) is 8.68. The van der Waals surface area contributed by atoms with Crippen LogP contribution in [0.25, 0.3) is 0 Å². The van der Waals surface area contributed by atoms with Gasteiger partial charge in [-0.25, -0.2) is 10.9 Å². The summed E-state index contributed by atoms with van der Waals surface area (Å²) in [6.07, 6.45) is 2.05. The summed E-state index contributed by atoms with van der Waals surface area (Å²) < 4.78 is 1.04. The van der Waals surface area contributed by atoms with E-state index in [2.05, 4.69) is 38.9 Å². The van der Waals surface area contributed by atoms with E-state index in [1.807, 2.05) is 17.0 Å². The van der Waals surface area contributed by atoms with Crippen molar-refractivity contribution in [2.24, 2.45) is 11.7 Å². The van der Waals surface area contributed by atoms with Crippen LogP contribution in [0.4, 0.5) is 0 Å². The maximum Gasteiger partial charge on any atom is 0.241 e. The summed E-state index contributed by atoms with van der Waals surface area (Å²) >= 11 is 3.43. The van der Waals surface area contributed by atoms with Crippen molar-refractivity contribution in [1.82, 2.24) is 15.8 Å². The Labute approximate surface area is 143 Å². The van der Waals surface area contributed by atoms with Crippen molar-refractivity contribution in [1.29, 1.82) is 0 Å². The number of benzene rings is 1. The highest BCUT2D eigenvalue weighted by Crippen LogP contribution is 2.25. The highest BCUT2D eigenvalue weighted by molar-refractivity contribution is 9.10. The van der Waals surface area contributed by atoms with E-state index in [-0.39, 0.29) is 29.8 Å². The van der Waals surface area contributed by atoms with Crippen molar-refractivity contribution in [3.05, 3.63) is 34.3 Å². The van der Waals surface area contributed by atoms with Crippen molar-refractivity contribution in [2.75, 3.05) is 13.1 Å². The van der Waals surface area contributed by atoms with Crippen molar-refractivity contribution < 1.29 is 9.59 Å². The highest BCUT2D eigenvalue weighted by Gasteiger charge is 2.34. The fraction of sp³-hybridized carbons (Fsp3) is 0.500. The number of nitrogens with zero attached hydrogens (tertiary/aromatic N) is 1. The average Bonchev–Trinajstić information content (AvgIpc) is 3.05. The van der Waals surface area contributed by atoms with E-state index in [1.165, 1.54) is 0 Å². The Morgan fingerprint density at radius 2 is 1.78 bits per heavy atom. The first kappa shape index (κ1) is 16.4. The van der Waals surface area contributed by atoms with Gasteiger partial charge in [0.2, 0.25) is 11.8 Å². The molecule has 2 fully saturated rings. The van der Waals surface area contributed by atoms with E-state index in [4.69, 9.17) is 5.73 Å². The van der Waals surface area contributed by atoms with Gasteiger partial charge >= 0.3 is 0 Å². The number of nitrogens with two attached hydrogens (primary N) is 1. The molecule has 23 heavy (non-hydrogen) atoms. The maximum atomic E-state index is 12.6. The third-order valence-electron chi connectivity index (χ3n) is 4.68. The minimum Gasteiger partial charge on any atom is -0.369 e. The number of likely N-dealkylation sites (tertiary alicyclic amines) is 1. The van der Waals surface area contributed by atoms with Gasteiger partial charge in [0.1, 0.15) is 6.04 Å². The molecule has 2 aliphatic rings. The van der Waals surface area contributed by atoms with E-state index in [1.54, 1.807) is 0 Å². The van der Waals surface area contributed by atoms with Gasteiger partial charge in [-0.05, 0) is 37.0 Å². The molecule has 4 N–H and O–H groups in total. The molecule has 0 aliphatic carbocycles. The van der Waals surface area contributed by atoms with Crippen LogP contribution < -0.4 is 16.6 Å². The number of hydrogen-bond donors (Lipinski definition) is 3. The Kier molecular flexibility index (Phi) is 4.99. The van der Waals surface area contributed by atoms with Crippen molar-refractivity contribution in [2.45, 2.75) is 31.3 Å². The molecule has 0 saturated carbocycles. The van der Waals surface area contributed by atoms with Crippen molar-refractivity contribution >= 4 is 27.7 Å². The summed E-state index contributed by atoms with van der Waals surface area (Å²) in [7, 11) is 0. The molecule has 2 atom stereocenters. The number of rotatable bonds is 3. The Morgan fingerprint density at radius 1 is 1.13 bits per heavy atom. The number of halogens is 1. The third-order valence-corrected chi connectivity index (χ3v) is 5.21. The molecule has 2 amide bonds. The van der Waals surface area contributed by atoms with E-state index < -0.39 is 0 Å². The molecule has 7 heteroatoms. The SMILES string of the molecule is NC(=O)C1CCN(C(=O)C2CC(c3ccc(Br)cc3)NN2)CC1. The zero-order valence-electron chi connectivity index (χ0n) is 12.8. The molecule has 0 bridgehead atoms. The lowest BCUT2D eigenvalue weighted by Crippen LogP contribution is -2.49. The fourth-order valence-electron chi connectivity index (χ4n) is 3.24. The van der Waals surface area contributed by atoms with Crippen molar-refractivity contribution in [3.63, 3.8) is 0 Å². The molecule has 2 saturated heterocycles. The lowest BCUT2D eigenvalue weighted by atomic mass is 9.95. The number of carbonyl (C=O) groups is 2. The Balaban J connectivity index is 1.55. The molecule has 1 aromatic rings. The molecule has 0 radical (unpaired) electrons. The summed E-state index contributed by atoms with van der Waals surface area (Å²) in [4.78, 5) is 25.6. The second kappa shape index (κ2) is 6.98. The van der Waals surface area contributed by atoms with Crippen LogP contribution in [-0.4, -0.2) is 35.8 Å². The Morgan fingerprint density at radius 3 is 2.39 bits per heavy atom. The topological polar surface area (TPSA) is 87.5 Å². The first-order valence-electron chi connectivity index (χ1n) is 7.89. The molecule has 2 aliphatic heterocycles. The van der Waals surface area contributed by atoms with Crippen molar-refractivity contribution in [3.8, 4) is 0 Å². The number of hydrazine groups is 1. The molecular weight excluding hydrogens is 360 g/mol. The number of amides is 2. The second-order valence-corrected chi connectivity index (χ2v) is 7.10. The minimum absolute atomic E-state index is 0.0933. The van der Waals surface area contributed by atoms with Crippen LogP contribution in [-0.2, 0) is 9.59 Å². The van der Waals surface area contributed by atoms with Gasteiger partial charge in [0.15, 0.2) is 0 Å². The van der Waals surface area contributed by atoms with Crippen LogP contribution >= 0.6 is 15.9 Å². The van der Waals surface area contributed by atoms with Gasteiger partial charge in [-0.3, -0.25) is 9.59 Å². The largest absolute Gasteiger partial charge is 0.369 e. The first-order chi connectivity index (χ1) is 11.0. The quantitative estimate of drug-likeness (QED) is 0.731. The fourth-order valence-corrected chi connectivity index (χ4v) is 3.50. The zero-order valence-corrected chi connectivity index (χ0v) is 14.4. The van der Waals surface area contributed by atoms with Crippen LogP contribution in [0.3, 0.4) is 0 Å². The summed E-state index contributed by atoms with van der Waals surface area (Å²) in [5.74, 6) is -0.252. The normalized spacial score (nSPS) is 25.5. The van der Waals surface area contributed by atoms with Gasteiger partial charge in [-0.2, -0.15) is 0 Å². The van der Waals surface area contributed by atoms with Crippen LogP contribution in [0.1, 0.15) is 30.9 Å². The van der Waals surface area contributed by atoms with Crippen LogP contribution in [0, 0.1) is 5.92 Å². The monoisotopic (exact) mass is 380 g/mol. The predicted octanol–water partition coefficient (Wildman–Crippen LogP) is 1.08. The zero-order chi connectivity index (χ0) is 16.4. The number of piperidine rings is 1.